The predicted molar refractivity (Wildman–Crippen MR) is 138 cm³/mol. The molecule has 6 nitrogen and oxygen atoms in total. The molecule has 1 aliphatic heterocycles. The molecular weight excluding hydrogens is 443 g/mol. The van der Waals surface area contributed by atoms with Gasteiger partial charge in [0.1, 0.15) is 5.82 Å². The lowest BCUT2D eigenvalue weighted by Crippen LogP contribution is -2.40. The summed E-state index contributed by atoms with van der Waals surface area (Å²) in [6, 6.07) is 8.01. The summed E-state index contributed by atoms with van der Waals surface area (Å²) in [5.74, 6) is 0.283. The van der Waals surface area contributed by atoms with Crippen LogP contribution in [0.1, 0.15) is 62.9 Å². The topological polar surface area (TPSA) is 56.8 Å². The fourth-order valence-corrected chi connectivity index (χ4v) is 4.64. The zero-order chi connectivity index (χ0) is 25.4. The van der Waals surface area contributed by atoms with Crippen molar-refractivity contribution in [3.05, 3.63) is 59.7 Å². The van der Waals surface area contributed by atoms with E-state index >= 15 is 0 Å². The molecule has 0 bridgehead atoms. The summed E-state index contributed by atoms with van der Waals surface area (Å²) in [4.78, 5) is 36.8. The Morgan fingerprint density at radius 1 is 1.00 bits per heavy atom. The third-order valence-corrected chi connectivity index (χ3v) is 6.16. The first-order valence-corrected chi connectivity index (χ1v) is 12.7. The lowest BCUT2D eigenvalue weighted by Gasteiger charge is -2.32. The fraction of sp³-hybridized carbons (Fsp3) is 0.536. The fourth-order valence-electron chi connectivity index (χ4n) is 4.64. The molecule has 1 aliphatic rings. The van der Waals surface area contributed by atoms with Gasteiger partial charge >= 0.3 is 0 Å². The van der Waals surface area contributed by atoms with Gasteiger partial charge in [0.2, 0.25) is 5.91 Å². The van der Waals surface area contributed by atoms with E-state index in [0.29, 0.717) is 42.2 Å². The highest BCUT2D eigenvalue weighted by molar-refractivity contribution is 6.06. The first kappa shape index (κ1) is 26.8. The quantitative estimate of drug-likeness (QED) is 0.602. The van der Waals surface area contributed by atoms with E-state index in [1.807, 2.05) is 18.7 Å². The molecule has 1 aromatic heterocycles. The number of hydrogen-bond donors (Lipinski definition) is 0. The third-order valence-electron chi connectivity index (χ3n) is 6.16. The maximum absolute atomic E-state index is 14.4. The van der Waals surface area contributed by atoms with Gasteiger partial charge in [0, 0.05) is 50.7 Å². The molecule has 0 aliphatic carbocycles. The summed E-state index contributed by atoms with van der Waals surface area (Å²) in [5, 5.41) is 0. The van der Waals surface area contributed by atoms with E-state index in [-0.39, 0.29) is 30.1 Å². The maximum atomic E-state index is 14.4. The second-order valence-corrected chi connectivity index (χ2v) is 10.3. The van der Waals surface area contributed by atoms with E-state index in [4.69, 9.17) is 0 Å². The first-order chi connectivity index (χ1) is 16.7. The van der Waals surface area contributed by atoms with Gasteiger partial charge in [-0.05, 0) is 73.7 Å². The number of carbonyl (C=O) groups is 2. The van der Waals surface area contributed by atoms with Crippen molar-refractivity contribution in [2.75, 3.05) is 37.6 Å². The van der Waals surface area contributed by atoms with Crippen LogP contribution in [0.3, 0.4) is 0 Å². The van der Waals surface area contributed by atoms with Crippen molar-refractivity contribution in [1.29, 1.82) is 0 Å². The van der Waals surface area contributed by atoms with Gasteiger partial charge < -0.3 is 14.7 Å². The van der Waals surface area contributed by atoms with Crippen molar-refractivity contribution in [3.8, 4) is 0 Å². The van der Waals surface area contributed by atoms with Crippen molar-refractivity contribution in [2.24, 2.45) is 11.8 Å². The minimum atomic E-state index is -0.371. The number of halogens is 1. The van der Waals surface area contributed by atoms with Crippen molar-refractivity contribution < 1.29 is 14.0 Å². The number of hydrogen-bond acceptors (Lipinski definition) is 4. The van der Waals surface area contributed by atoms with Crippen LogP contribution >= 0.6 is 0 Å². The summed E-state index contributed by atoms with van der Waals surface area (Å²) < 4.78 is 14.4. The molecule has 7 heteroatoms. The lowest BCUT2D eigenvalue weighted by molar-refractivity contribution is -0.132. The minimum Gasteiger partial charge on any atom is -0.338 e. The third kappa shape index (κ3) is 7.85. The Bertz CT molecular complexity index is 980. The van der Waals surface area contributed by atoms with E-state index in [1.54, 1.807) is 35.5 Å². The van der Waals surface area contributed by atoms with Crippen LogP contribution in [0.25, 0.3) is 0 Å². The molecule has 190 valence electrons. The number of aromatic nitrogens is 1. The van der Waals surface area contributed by atoms with Crippen LogP contribution in [-0.2, 0) is 11.3 Å². The van der Waals surface area contributed by atoms with E-state index in [9.17, 15) is 14.0 Å². The molecule has 0 fully saturated rings. The van der Waals surface area contributed by atoms with Gasteiger partial charge in [-0.3, -0.25) is 14.6 Å². The van der Waals surface area contributed by atoms with Crippen LogP contribution in [0.5, 0.6) is 0 Å². The molecule has 0 atom stereocenters. The summed E-state index contributed by atoms with van der Waals surface area (Å²) in [5.41, 5.74) is 1.79. The monoisotopic (exact) mass is 482 g/mol. The maximum Gasteiger partial charge on any atom is 0.259 e. The Morgan fingerprint density at radius 2 is 1.74 bits per heavy atom. The lowest BCUT2D eigenvalue weighted by atomic mass is 10.1. The Labute approximate surface area is 209 Å². The number of nitrogens with zero attached hydrogens (tertiary/aromatic N) is 4. The second-order valence-electron chi connectivity index (χ2n) is 10.3. The Morgan fingerprint density at radius 3 is 2.40 bits per heavy atom. The van der Waals surface area contributed by atoms with Gasteiger partial charge in [0.05, 0.1) is 5.56 Å². The van der Waals surface area contributed by atoms with Crippen LogP contribution in [-0.4, -0.2) is 59.3 Å². The van der Waals surface area contributed by atoms with Gasteiger partial charge in [-0.25, -0.2) is 4.39 Å². The molecule has 0 saturated carbocycles. The Hall–Kier alpha value is -2.80. The molecule has 0 radical (unpaired) electrons. The molecule has 3 rings (SSSR count). The average Bonchev–Trinajstić information content (AvgIpc) is 2.80. The van der Waals surface area contributed by atoms with E-state index in [0.717, 1.165) is 32.5 Å². The predicted octanol–water partition coefficient (Wildman–Crippen LogP) is 4.99. The van der Waals surface area contributed by atoms with Crippen LogP contribution in [0.15, 0.2) is 42.7 Å². The molecule has 35 heavy (non-hydrogen) atoms. The van der Waals surface area contributed by atoms with E-state index in [2.05, 4.69) is 23.7 Å². The van der Waals surface area contributed by atoms with Gasteiger partial charge in [-0.1, -0.05) is 27.7 Å². The molecule has 0 N–H and O–H groups in total. The number of rotatable bonds is 5. The standard InChI is InChI=1S/C28H39FN4O2/c1-21(2)16-27(34)32-14-6-12-31(19-22(3)4)13-7-15-33(28(35)23-8-5-11-30-18-23)26-10-9-25(29)17-24(26)20-32/h5,8-11,17-18,21-22H,6-7,12-16,19-20H2,1-4H3. The Balaban J connectivity index is 2.01. The van der Waals surface area contributed by atoms with Gasteiger partial charge in [-0.15, -0.1) is 0 Å². The van der Waals surface area contributed by atoms with Crippen LogP contribution in [0, 0.1) is 17.7 Å². The van der Waals surface area contributed by atoms with Crippen molar-refractivity contribution >= 4 is 17.5 Å². The van der Waals surface area contributed by atoms with Crippen LogP contribution in [0.4, 0.5) is 10.1 Å². The second kappa shape index (κ2) is 12.8. The number of fused-ring (bicyclic) bond motifs is 1. The molecule has 1 aromatic carbocycles. The van der Waals surface area contributed by atoms with E-state index in [1.165, 1.54) is 12.1 Å². The molecular formula is C28H39FN4O2. The summed E-state index contributed by atoms with van der Waals surface area (Å²) >= 11 is 0. The van der Waals surface area contributed by atoms with Crippen molar-refractivity contribution in [1.82, 2.24) is 14.8 Å². The SMILES string of the molecule is CC(C)CC(=O)N1CCCN(CC(C)C)CCCN(C(=O)c2cccnc2)c2ccc(F)cc2C1. The average molecular weight is 483 g/mol. The summed E-state index contributed by atoms with van der Waals surface area (Å²) in [6.07, 6.45) is 5.30. The highest BCUT2D eigenvalue weighted by atomic mass is 19.1. The molecule has 0 unspecified atom stereocenters. The number of pyridine rings is 1. The number of amides is 2. The minimum absolute atomic E-state index is 0.0628. The molecule has 2 aromatic rings. The summed E-state index contributed by atoms with van der Waals surface area (Å²) in [6.45, 7) is 12.6. The van der Waals surface area contributed by atoms with Gasteiger partial charge in [0.15, 0.2) is 0 Å². The van der Waals surface area contributed by atoms with Gasteiger partial charge in [0.25, 0.3) is 5.91 Å². The molecule has 0 saturated heterocycles. The van der Waals surface area contributed by atoms with Crippen LogP contribution < -0.4 is 4.90 Å². The normalized spacial score (nSPS) is 16.1. The molecule has 2 amide bonds. The number of anilines is 1. The van der Waals surface area contributed by atoms with Crippen LogP contribution in [0.2, 0.25) is 0 Å². The highest BCUT2D eigenvalue weighted by Gasteiger charge is 2.25. The summed E-state index contributed by atoms with van der Waals surface area (Å²) in [7, 11) is 0. The highest BCUT2D eigenvalue weighted by Crippen LogP contribution is 2.27. The number of benzene rings is 1. The smallest absolute Gasteiger partial charge is 0.259 e. The Kier molecular flexibility index (Phi) is 9.78. The molecule has 0 spiro atoms. The van der Waals surface area contributed by atoms with Crippen molar-refractivity contribution in [3.63, 3.8) is 0 Å². The van der Waals surface area contributed by atoms with Crippen molar-refractivity contribution in [2.45, 2.75) is 53.5 Å². The largest absolute Gasteiger partial charge is 0.338 e. The molecule has 2 heterocycles. The number of carbonyl (C=O) groups excluding carboxylic acids is 2. The first-order valence-electron chi connectivity index (χ1n) is 12.7. The zero-order valence-electron chi connectivity index (χ0n) is 21.5. The van der Waals surface area contributed by atoms with Gasteiger partial charge in [-0.2, -0.15) is 0 Å². The zero-order valence-corrected chi connectivity index (χ0v) is 21.5. The van der Waals surface area contributed by atoms with E-state index < -0.39 is 0 Å².